The zero-order valence-electron chi connectivity index (χ0n) is 19.3. The number of nitrogens with two attached hydrogens (primary N) is 1. The third-order valence-electron chi connectivity index (χ3n) is 5.45. The minimum atomic E-state index is -0.179. The van der Waals surface area contributed by atoms with E-state index in [2.05, 4.69) is 48.4 Å². The first kappa shape index (κ1) is 23.0. The zero-order valence-corrected chi connectivity index (χ0v) is 20.1. The van der Waals surface area contributed by atoms with Crippen molar-refractivity contribution in [1.29, 1.82) is 0 Å². The lowest BCUT2D eigenvalue weighted by Gasteiger charge is -2.21. The third-order valence-corrected chi connectivity index (χ3v) is 6.39. The lowest BCUT2D eigenvalue weighted by Crippen LogP contribution is -2.28. The summed E-state index contributed by atoms with van der Waals surface area (Å²) in [6, 6.07) is 13.6. The Morgan fingerprint density at radius 3 is 2.52 bits per heavy atom. The van der Waals surface area contributed by atoms with Crippen LogP contribution in [0.4, 0.5) is 0 Å². The number of ether oxygens (including phenoxy) is 2. The van der Waals surface area contributed by atoms with Crippen molar-refractivity contribution in [2.45, 2.75) is 44.3 Å². The van der Waals surface area contributed by atoms with E-state index < -0.39 is 0 Å². The molecule has 9 heteroatoms. The van der Waals surface area contributed by atoms with Gasteiger partial charge in [0.2, 0.25) is 11.1 Å². The number of nitrogens with zero attached hydrogens (tertiary/aromatic N) is 3. The molecular formula is C24H29N5O3S. The van der Waals surface area contributed by atoms with Crippen molar-refractivity contribution in [2.75, 3.05) is 24.8 Å². The van der Waals surface area contributed by atoms with E-state index in [4.69, 9.17) is 15.3 Å². The molecule has 1 aromatic heterocycles. The van der Waals surface area contributed by atoms with E-state index in [1.807, 2.05) is 37.3 Å². The Morgan fingerprint density at radius 2 is 1.82 bits per heavy atom. The van der Waals surface area contributed by atoms with Crippen LogP contribution in [0, 0.1) is 0 Å². The van der Waals surface area contributed by atoms with Gasteiger partial charge in [0.05, 0.1) is 11.8 Å². The lowest BCUT2D eigenvalue weighted by atomic mass is 9.87. The summed E-state index contributed by atoms with van der Waals surface area (Å²) in [5.74, 6) is 8.25. The first-order valence-corrected chi connectivity index (χ1v) is 11.8. The molecule has 3 N–H and O–H groups in total. The number of carbonyl (C=O) groups is 1. The number of rotatable bonds is 6. The molecule has 0 bridgehead atoms. The van der Waals surface area contributed by atoms with Crippen molar-refractivity contribution >= 4 is 17.7 Å². The number of thioether (sulfide) groups is 1. The molecule has 1 aliphatic rings. The second-order valence-corrected chi connectivity index (χ2v) is 9.93. The number of amides is 1. The average molecular weight is 468 g/mol. The second-order valence-electron chi connectivity index (χ2n) is 8.98. The molecule has 174 valence electrons. The summed E-state index contributed by atoms with van der Waals surface area (Å²) in [7, 11) is 0. The molecule has 0 saturated carbocycles. The van der Waals surface area contributed by atoms with Gasteiger partial charge in [-0.1, -0.05) is 62.9 Å². The van der Waals surface area contributed by atoms with Crippen molar-refractivity contribution in [3.63, 3.8) is 0 Å². The number of aromatic nitrogens is 3. The van der Waals surface area contributed by atoms with Crippen LogP contribution in [0.2, 0.25) is 0 Å². The fraction of sp³-hybridized carbons (Fsp3) is 0.375. The van der Waals surface area contributed by atoms with Crippen molar-refractivity contribution < 1.29 is 14.3 Å². The van der Waals surface area contributed by atoms with Gasteiger partial charge in [0.15, 0.2) is 17.3 Å². The molecule has 0 aliphatic carbocycles. The Hall–Kier alpha value is -3.20. The van der Waals surface area contributed by atoms with Crippen LogP contribution in [0.25, 0.3) is 11.4 Å². The van der Waals surface area contributed by atoms with Gasteiger partial charge in [-0.15, -0.1) is 10.2 Å². The quantitative estimate of drug-likeness (QED) is 0.421. The molecule has 0 fully saturated rings. The van der Waals surface area contributed by atoms with E-state index in [9.17, 15) is 4.79 Å². The van der Waals surface area contributed by atoms with E-state index in [-0.39, 0.29) is 23.1 Å². The lowest BCUT2D eigenvalue weighted by molar-refractivity contribution is -0.119. The minimum absolute atomic E-state index is 0.0698. The highest BCUT2D eigenvalue weighted by atomic mass is 32.2. The molecule has 2 aromatic carbocycles. The Morgan fingerprint density at radius 1 is 1.12 bits per heavy atom. The van der Waals surface area contributed by atoms with Crippen LogP contribution in [0.5, 0.6) is 11.5 Å². The molecule has 0 radical (unpaired) electrons. The van der Waals surface area contributed by atoms with Crippen molar-refractivity contribution in [3.05, 3.63) is 53.6 Å². The van der Waals surface area contributed by atoms with Gasteiger partial charge >= 0.3 is 0 Å². The van der Waals surface area contributed by atoms with Crippen LogP contribution < -0.4 is 20.6 Å². The van der Waals surface area contributed by atoms with Gasteiger partial charge in [0.1, 0.15) is 13.2 Å². The normalized spacial score (nSPS) is 14.1. The average Bonchev–Trinajstić information content (AvgIpc) is 3.17. The van der Waals surface area contributed by atoms with E-state index in [0.717, 1.165) is 16.9 Å². The minimum Gasteiger partial charge on any atom is -0.486 e. The maximum Gasteiger partial charge on any atom is 0.230 e. The number of nitrogens with one attached hydrogen (secondary N) is 1. The molecular weight excluding hydrogens is 438 g/mol. The van der Waals surface area contributed by atoms with E-state index in [1.165, 1.54) is 22.0 Å². The summed E-state index contributed by atoms with van der Waals surface area (Å²) in [4.78, 5) is 12.5. The fourth-order valence-corrected chi connectivity index (χ4v) is 4.19. The van der Waals surface area contributed by atoms with Crippen molar-refractivity contribution in [1.82, 2.24) is 20.2 Å². The van der Waals surface area contributed by atoms with E-state index in [1.54, 1.807) is 0 Å². The summed E-state index contributed by atoms with van der Waals surface area (Å²) in [5, 5.41) is 11.9. The van der Waals surface area contributed by atoms with E-state index >= 15 is 0 Å². The topological polar surface area (TPSA) is 104 Å². The Labute approximate surface area is 197 Å². The van der Waals surface area contributed by atoms with Crippen LogP contribution >= 0.6 is 11.8 Å². The fourth-order valence-electron chi connectivity index (χ4n) is 3.52. The van der Waals surface area contributed by atoms with Crippen LogP contribution in [0.1, 0.15) is 44.9 Å². The predicted octanol–water partition coefficient (Wildman–Crippen LogP) is 3.70. The molecule has 0 saturated heterocycles. The van der Waals surface area contributed by atoms with Crippen molar-refractivity contribution in [2.24, 2.45) is 0 Å². The molecule has 0 spiro atoms. The zero-order chi connectivity index (χ0) is 23.6. The van der Waals surface area contributed by atoms with Gasteiger partial charge in [-0.2, -0.15) is 0 Å². The SMILES string of the molecule is CC(NC(=O)CSc1nnc(-c2ccc(C(C)(C)C)cc2)n1N)c1ccc2c(c1)OCCO2. The second kappa shape index (κ2) is 9.35. The molecule has 1 aliphatic heterocycles. The van der Waals surface area contributed by atoms with Gasteiger partial charge in [-0.25, -0.2) is 4.68 Å². The molecule has 1 amide bonds. The van der Waals surface area contributed by atoms with Crippen LogP contribution in [-0.2, 0) is 10.2 Å². The number of hydrogen-bond acceptors (Lipinski definition) is 7. The van der Waals surface area contributed by atoms with Crippen molar-refractivity contribution in [3.8, 4) is 22.9 Å². The Bertz CT molecular complexity index is 1140. The van der Waals surface area contributed by atoms with Gasteiger partial charge < -0.3 is 20.6 Å². The molecule has 4 rings (SSSR count). The molecule has 2 heterocycles. The van der Waals surface area contributed by atoms with Crippen LogP contribution in [0.15, 0.2) is 47.6 Å². The smallest absolute Gasteiger partial charge is 0.230 e. The van der Waals surface area contributed by atoms with Gasteiger partial charge in [0.25, 0.3) is 0 Å². The molecule has 8 nitrogen and oxygen atoms in total. The monoisotopic (exact) mass is 467 g/mol. The van der Waals surface area contributed by atoms with Gasteiger partial charge in [-0.05, 0) is 35.6 Å². The summed E-state index contributed by atoms with van der Waals surface area (Å²) >= 11 is 1.25. The summed E-state index contributed by atoms with van der Waals surface area (Å²) < 4.78 is 12.6. The number of fused-ring (bicyclic) bond motifs is 1. The molecule has 1 unspecified atom stereocenters. The largest absolute Gasteiger partial charge is 0.486 e. The number of hydrogen-bond donors (Lipinski definition) is 2. The number of benzene rings is 2. The van der Waals surface area contributed by atoms with E-state index in [0.29, 0.717) is 29.9 Å². The van der Waals surface area contributed by atoms with Crippen LogP contribution in [-0.4, -0.2) is 39.7 Å². The van der Waals surface area contributed by atoms with Gasteiger partial charge in [0, 0.05) is 5.56 Å². The standard InChI is InChI=1S/C24H29N5O3S/c1-15(17-7-10-19-20(13-17)32-12-11-31-19)26-21(30)14-33-23-28-27-22(29(23)25)16-5-8-18(9-6-16)24(2,3)4/h5-10,13,15H,11-12,14,25H2,1-4H3,(H,26,30). The maximum absolute atomic E-state index is 12.5. The number of nitrogen functional groups attached to an aromatic ring is 1. The third kappa shape index (κ3) is 5.24. The Balaban J connectivity index is 1.35. The molecule has 1 atom stereocenters. The summed E-state index contributed by atoms with van der Waals surface area (Å²) in [6.45, 7) is 9.51. The molecule has 3 aromatic rings. The highest BCUT2D eigenvalue weighted by Crippen LogP contribution is 2.32. The predicted molar refractivity (Wildman–Crippen MR) is 129 cm³/mol. The first-order valence-electron chi connectivity index (χ1n) is 10.9. The number of carbonyl (C=O) groups excluding carboxylic acids is 1. The summed E-state index contributed by atoms with van der Waals surface area (Å²) in [5.41, 5.74) is 3.12. The van der Waals surface area contributed by atoms with Crippen LogP contribution in [0.3, 0.4) is 0 Å². The highest BCUT2D eigenvalue weighted by Gasteiger charge is 2.18. The Kier molecular flexibility index (Phi) is 6.51. The first-order chi connectivity index (χ1) is 15.7. The van der Waals surface area contributed by atoms with Gasteiger partial charge in [-0.3, -0.25) is 4.79 Å². The maximum atomic E-state index is 12.5. The highest BCUT2D eigenvalue weighted by molar-refractivity contribution is 7.99. The molecule has 33 heavy (non-hydrogen) atoms. The summed E-state index contributed by atoms with van der Waals surface area (Å²) in [6.07, 6.45) is 0.